The van der Waals surface area contributed by atoms with Crippen LogP contribution in [0.4, 0.5) is 0 Å². The molecule has 2 N–H and O–H groups in total. The zero-order chi connectivity index (χ0) is 9.19. The van der Waals surface area contributed by atoms with E-state index in [1.165, 1.54) is 0 Å². The normalized spacial score (nSPS) is 33.8. The first-order valence-electron chi connectivity index (χ1n) is 3.22. The van der Waals surface area contributed by atoms with E-state index >= 15 is 0 Å². The first-order valence-corrected chi connectivity index (χ1v) is 6.37. The average Bonchev–Trinajstić information content (AvgIpc) is 1.97. The van der Waals surface area contributed by atoms with Crippen molar-refractivity contribution in [3.8, 4) is 0 Å². The smallest absolute Gasteiger partial charge is 0.202 e. The van der Waals surface area contributed by atoms with Gasteiger partial charge in [-0.15, -0.1) is 0 Å². The molecule has 0 saturated carbocycles. The molecule has 0 amide bonds. The molecule has 1 heterocycles. The summed E-state index contributed by atoms with van der Waals surface area (Å²) >= 11 is 0. The van der Waals surface area contributed by atoms with Crippen molar-refractivity contribution in [1.29, 1.82) is 0 Å². The number of nitrogens with zero attached hydrogens (tertiary/aromatic N) is 3. The maximum atomic E-state index is 11.0. The van der Waals surface area contributed by atoms with Crippen molar-refractivity contribution in [3.05, 3.63) is 10.4 Å². The summed E-state index contributed by atoms with van der Waals surface area (Å²) in [7, 11) is -2.29. The van der Waals surface area contributed by atoms with Crippen LogP contribution < -0.4 is 5.73 Å². The Labute approximate surface area is 73.5 Å². The fraction of sp³-hybridized carbons (Fsp3) is 1.00. The highest BCUT2D eigenvalue weighted by Gasteiger charge is 2.30. The Morgan fingerprint density at radius 2 is 2.33 bits per heavy atom. The predicted molar refractivity (Wildman–Crippen MR) is 47.2 cm³/mol. The largest absolute Gasteiger partial charge is 0.327 e. The van der Waals surface area contributed by atoms with Crippen LogP contribution in [0.2, 0.25) is 0 Å². The summed E-state index contributed by atoms with van der Waals surface area (Å²) in [5.74, 6) is 0.148. The Morgan fingerprint density at radius 3 is 2.92 bits per heavy atom. The molecule has 68 valence electrons. The van der Waals surface area contributed by atoms with Crippen molar-refractivity contribution in [2.45, 2.75) is 12.1 Å². The summed E-state index contributed by atoms with van der Waals surface area (Å²) in [4.78, 5) is 2.55. The van der Waals surface area contributed by atoms with Crippen LogP contribution in [-0.4, -0.2) is 32.0 Å². The Bertz CT molecular complexity index is 307. The van der Waals surface area contributed by atoms with Crippen molar-refractivity contribution in [2.75, 3.05) is 11.5 Å². The molecule has 0 bridgehead atoms. The summed E-state index contributed by atoms with van der Waals surface area (Å²) in [5, 5.41) is 3.32. The minimum atomic E-state index is -3.12. The molecule has 1 fully saturated rings. The highest BCUT2D eigenvalue weighted by molar-refractivity contribution is 8.72. The number of azide groups is 1. The number of nitrogens with two attached hydrogens (primary N) is 1. The van der Waals surface area contributed by atoms with Gasteiger partial charge < -0.3 is 5.73 Å². The lowest BCUT2D eigenvalue weighted by Crippen LogP contribution is -2.43. The van der Waals surface area contributed by atoms with E-state index in [0.717, 1.165) is 10.8 Å². The van der Waals surface area contributed by atoms with Gasteiger partial charge in [0.1, 0.15) is 0 Å². The van der Waals surface area contributed by atoms with Gasteiger partial charge in [0.2, 0.25) is 8.87 Å². The molecule has 8 heteroatoms. The summed E-state index contributed by atoms with van der Waals surface area (Å²) in [6, 6.07) is -0.962. The highest BCUT2D eigenvalue weighted by atomic mass is 33.1. The van der Waals surface area contributed by atoms with Crippen LogP contribution in [-0.2, 0) is 8.87 Å². The zero-order valence-electron chi connectivity index (χ0n) is 6.12. The lowest BCUT2D eigenvalue weighted by Gasteiger charge is -2.23. The molecule has 6 nitrogen and oxygen atoms in total. The minimum Gasteiger partial charge on any atom is -0.327 e. The molecule has 1 aliphatic heterocycles. The summed E-state index contributed by atoms with van der Waals surface area (Å²) < 4.78 is 22.0. The topological polar surface area (TPSA) is 109 Å². The van der Waals surface area contributed by atoms with Gasteiger partial charge >= 0.3 is 0 Å². The summed E-state index contributed by atoms with van der Waals surface area (Å²) in [6.45, 7) is 0. The molecule has 12 heavy (non-hydrogen) atoms. The van der Waals surface area contributed by atoms with Crippen LogP contribution >= 0.6 is 10.8 Å². The maximum absolute atomic E-state index is 11.0. The van der Waals surface area contributed by atoms with Crippen LogP contribution in [0.1, 0.15) is 0 Å². The Morgan fingerprint density at radius 1 is 1.67 bits per heavy atom. The second-order valence-corrected chi connectivity index (χ2v) is 6.69. The molecule has 0 aromatic rings. The SMILES string of the molecule is [N-]=[N+]=NC1CS(=O)(=O)SC[C@@H]1N. The molecule has 1 aliphatic rings. The molecule has 0 aliphatic carbocycles. The van der Waals surface area contributed by atoms with E-state index in [4.69, 9.17) is 11.3 Å². The molecule has 1 saturated heterocycles. The van der Waals surface area contributed by atoms with E-state index in [-0.39, 0.29) is 11.8 Å². The van der Waals surface area contributed by atoms with Crippen molar-refractivity contribution in [1.82, 2.24) is 0 Å². The van der Waals surface area contributed by atoms with E-state index in [0.29, 0.717) is 5.75 Å². The second kappa shape index (κ2) is 3.53. The molecule has 1 unspecified atom stereocenters. The fourth-order valence-electron chi connectivity index (χ4n) is 0.859. The predicted octanol–water partition coefficient (Wildman–Crippen LogP) is 0.0692. The van der Waals surface area contributed by atoms with Gasteiger partial charge in [-0.05, 0) is 16.3 Å². The third-order valence-corrected chi connectivity index (χ3v) is 5.03. The van der Waals surface area contributed by atoms with E-state index in [9.17, 15) is 8.42 Å². The van der Waals surface area contributed by atoms with Crippen LogP contribution in [0, 0.1) is 0 Å². The maximum Gasteiger partial charge on any atom is 0.202 e. The van der Waals surface area contributed by atoms with Gasteiger partial charge in [-0.2, -0.15) is 0 Å². The van der Waals surface area contributed by atoms with Crippen molar-refractivity contribution in [2.24, 2.45) is 10.8 Å². The number of rotatable bonds is 1. The average molecular weight is 208 g/mol. The first-order chi connectivity index (χ1) is 5.55. The van der Waals surface area contributed by atoms with Gasteiger partial charge in [-0.25, -0.2) is 8.42 Å². The standard InChI is InChI=1S/C4H8N4O2S2/c5-3-1-11-12(9,10)2-4(3)7-8-6/h3-4H,1-2,5H2/t3-,4?/m0/s1. The van der Waals surface area contributed by atoms with E-state index in [2.05, 4.69) is 10.0 Å². The highest BCUT2D eigenvalue weighted by Crippen LogP contribution is 2.23. The van der Waals surface area contributed by atoms with Crippen molar-refractivity contribution in [3.63, 3.8) is 0 Å². The lowest BCUT2D eigenvalue weighted by molar-refractivity contribution is 0.567. The van der Waals surface area contributed by atoms with Gasteiger partial charge in [0.25, 0.3) is 0 Å². The molecule has 2 atom stereocenters. The Hall–Kier alpha value is -0.430. The van der Waals surface area contributed by atoms with Crippen LogP contribution in [0.3, 0.4) is 0 Å². The minimum absolute atomic E-state index is 0.150. The van der Waals surface area contributed by atoms with E-state index < -0.39 is 14.9 Å². The van der Waals surface area contributed by atoms with Crippen molar-refractivity contribution < 1.29 is 8.42 Å². The van der Waals surface area contributed by atoms with Crippen LogP contribution in [0.15, 0.2) is 5.11 Å². The Kier molecular flexibility index (Phi) is 2.84. The Balaban J connectivity index is 2.79. The lowest BCUT2D eigenvalue weighted by atomic mass is 10.2. The van der Waals surface area contributed by atoms with Crippen molar-refractivity contribution >= 4 is 19.7 Å². The van der Waals surface area contributed by atoms with Gasteiger partial charge in [-0.1, -0.05) is 5.11 Å². The molecule has 0 radical (unpaired) electrons. The molecule has 0 aromatic carbocycles. The van der Waals surface area contributed by atoms with Gasteiger partial charge in [0.15, 0.2) is 0 Å². The third-order valence-electron chi connectivity index (χ3n) is 1.51. The first kappa shape index (κ1) is 9.66. The number of hydrogen-bond donors (Lipinski definition) is 1. The molecule has 1 rings (SSSR count). The van der Waals surface area contributed by atoms with Crippen LogP contribution in [0.5, 0.6) is 0 Å². The quantitative estimate of drug-likeness (QED) is 0.284. The van der Waals surface area contributed by atoms with Gasteiger partial charge in [-0.3, -0.25) is 0 Å². The molecule has 0 aromatic heterocycles. The van der Waals surface area contributed by atoms with E-state index in [1.807, 2.05) is 0 Å². The summed E-state index contributed by atoms with van der Waals surface area (Å²) in [6.07, 6.45) is 0. The second-order valence-electron chi connectivity index (χ2n) is 2.44. The fourth-order valence-corrected chi connectivity index (χ4v) is 4.07. The molecular formula is C4H8N4O2S2. The zero-order valence-corrected chi connectivity index (χ0v) is 7.75. The summed E-state index contributed by atoms with van der Waals surface area (Å²) in [5.41, 5.74) is 13.6. The van der Waals surface area contributed by atoms with E-state index in [1.54, 1.807) is 0 Å². The third kappa shape index (κ3) is 2.28. The number of hydrogen-bond acceptors (Lipinski definition) is 5. The van der Waals surface area contributed by atoms with Gasteiger partial charge in [0.05, 0.1) is 11.8 Å². The molecule has 0 spiro atoms. The monoisotopic (exact) mass is 208 g/mol. The molecular weight excluding hydrogens is 200 g/mol. The van der Waals surface area contributed by atoms with Gasteiger partial charge in [0, 0.05) is 16.7 Å². The van der Waals surface area contributed by atoms with Crippen LogP contribution in [0.25, 0.3) is 10.4 Å².